The van der Waals surface area contributed by atoms with Crippen LogP contribution in [0.1, 0.15) is 22.8 Å². The number of aromatic amines is 1. The average Bonchev–Trinajstić information content (AvgIpc) is 3.23. The van der Waals surface area contributed by atoms with Crippen molar-refractivity contribution in [3.8, 4) is 0 Å². The summed E-state index contributed by atoms with van der Waals surface area (Å²) < 4.78 is 0. The maximum Gasteiger partial charge on any atom is 0.255 e. The second-order valence-electron chi connectivity index (χ2n) is 7.17. The first-order valence-corrected chi connectivity index (χ1v) is 9.83. The first-order chi connectivity index (χ1) is 14.1. The Balaban J connectivity index is 1.34. The number of hydrogen-bond acceptors (Lipinski definition) is 5. The van der Waals surface area contributed by atoms with Crippen molar-refractivity contribution in [3.05, 3.63) is 53.6 Å². The number of H-pyrrole nitrogens is 1. The van der Waals surface area contributed by atoms with Crippen LogP contribution in [0.5, 0.6) is 0 Å². The molecule has 1 aromatic heterocycles. The Hall–Kier alpha value is -3.26. The molecule has 4 rings (SSSR count). The van der Waals surface area contributed by atoms with Crippen molar-refractivity contribution >= 4 is 28.5 Å². The van der Waals surface area contributed by atoms with Crippen molar-refractivity contribution in [2.24, 2.45) is 0 Å². The lowest BCUT2D eigenvalue weighted by Gasteiger charge is -2.34. The van der Waals surface area contributed by atoms with Gasteiger partial charge in [-0.2, -0.15) is 15.4 Å². The zero-order chi connectivity index (χ0) is 20.2. The molecular weight excluding hydrogens is 368 g/mol. The van der Waals surface area contributed by atoms with Gasteiger partial charge in [-0.25, -0.2) is 0 Å². The molecule has 3 aromatic rings. The van der Waals surface area contributed by atoms with Gasteiger partial charge in [0.15, 0.2) is 0 Å². The molecular formula is C21H24N6O2. The van der Waals surface area contributed by atoms with Gasteiger partial charge in [-0.1, -0.05) is 19.1 Å². The topological polar surface area (TPSA) is 94.2 Å². The van der Waals surface area contributed by atoms with E-state index in [2.05, 4.69) is 32.6 Å². The number of likely N-dealkylation sites (N-methyl/N-ethyl adjacent to an activating group) is 1. The maximum absolute atomic E-state index is 12.5. The summed E-state index contributed by atoms with van der Waals surface area (Å²) in [6.45, 7) is 6.63. The molecule has 2 amide bonds. The van der Waals surface area contributed by atoms with E-state index in [1.165, 1.54) is 0 Å². The molecule has 0 spiro atoms. The second kappa shape index (κ2) is 8.40. The zero-order valence-corrected chi connectivity index (χ0v) is 16.4. The molecule has 1 aliphatic rings. The molecule has 2 heterocycles. The van der Waals surface area contributed by atoms with Crippen LogP contribution in [0.4, 0.5) is 5.69 Å². The summed E-state index contributed by atoms with van der Waals surface area (Å²) in [5.41, 5.74) is 3.49. The highest BCUT2D eigenvalue weighted by Gasteiger charge is 2.20. The Bertz CT molecular complexity index is 1010. The van der Waals surface area contributed by atoms with Gasteiger partial charge < -0.3 is 15.1 Å². The summed E-state index contributed by atoms with van der Waals surface area (Å²) in [4.78, 5) is 29.3. The first kappa shape index (κ1) is 19.1. The van der Waals surface area contributed by atoms with Crippen LogP contribution in [0.2, 0.25) is 0 Å². The molecule has 2 N–H and O–H groups in total. The molecule has 1 saturated heterocycles. The number of hydrogen-bond donors (Lipinski definition) is 2. The molecule has 0 radical (unpaired) electrons. The lowest BCUT2D eigenvalue weighted by Crippen LogP contribution is -2.48. The lowest BCUT2D eigenvalue weighted by molar-refractivity contribution is -0.132. The normalized spacial score (nSPS) is 14.9. The number of aromatic nitrogens is 3. The van der Waals surface area contributed by atoms with E-state index < -0.39 is 0 Å². The van der Waals surface area contributed by atoms with E-state index in [1.807, 2.05) is 29.2 Å². The van der Waals surface area contributed by atoms with Crippen molar-refractivity contribution in [1.29, 1.82) is 0 Å². The molecule has 0 unspecified atom stereocenters. The largest absolute Gasteiger partial charge is 0.340 e. The minimum absolute atomic E-state index is 0.151. The Morgan fingerprint density at radius 2 is 1.72 bits per heavy atom. The minimum atomic E-state index is -0.215. The van der Waals surface area contributed by atoms with Crippen molar-refractivity contribution in [2.45, 2.75) is 13.3 Å². The number of amides is 2. The third-order valence-electron chi connectivity index (χ3n) is 5.32. The van der Waals surface area contributed by atoms with Gasteiger partial charge in [0, 0.05) is 37.4 Å². The fraction of sp³-hybridized carbons (Fsp3) is 0.333. The van der Waals surface area contributed by atoms with Crippen LogP contribution in [-0.4, -0.2) is 69.7 Å². The van der Waals surface area contributed by atoms with E-state index in [9.17, 15) is 9.59 Å². The Morgan fingerprint density at radius 1 is 1.00 bits per heavy atom. The quantitative estimate of drug-likeness (QED) is 0.692. The van der Waals surface area contributed by atoms with Crippen LogP contribution in [0.15, 0.2) is 42.5 Å². The highest BCUT2D eigenvalue weighted by molar-refractivity contribution is 6.05. The smallest absolute Gasteiger partial charge is 0.255 e. The SMILES string of the molecule is CCN1CCN(C(=O)Cc2ccc(NC(=O)c3ccc4n[nH]nc4c3)cc2)CC1. The van der Waals surface area contributed by atoms with Crippen LogP contribution in [-0.2, 0) is 11.2 Å². The number of rotatable bonds is 5. The monoisotopic (exact) mass is 392 g/mol. The number of benzene rings is 2. The Morgan fingerprint density at radius 3 is 2.45 bits per heavy atom. The summed E-state index contributed by atoms with van der Waals surface area (Å²) in [7, 11) is 0. The molecule has 1 fully saturated rings. The van der Waals surface area contributed by atoms with Gasteiger partial charge in [0.05, 0.1) is 6.42 Å². The summed E-state index contributed by atoms with van der Waals surface area (Å²) in [6, 6.07) is 12.6. The van der Waals surface area contributed by atoms with Crippen LogP contribution < -0.4 is 5.32 Å². The fourth-order valence-electron chi connectivity index (χ4n) is 3.49. The molecule has 0 saturated carbocycles. The van der Waals surface area contributed by atoms with Gasteiger partial charge in [0.2, 0.25) is 5.91 Å². The molecule has 0 aliphatic carbocycles. The Kier molecular flexibility index (Phi) is 5.53. The van der Waals surface area contributed by atoms with Crippen molar-refractivity contribution in [1.82, 2.24) is 25.2 Å². The maximum atomic E-state index is 12.5. The van der Waals surface area contributed by atoms with Gasteiger partial charge in [-0.3, -0.25) is 9.59 Å². The highest BCUT2D eigenvalue weighted by Crippen LogP contribution is 2.15. The number of nitrogens with zero attached hydrogens (tertiary/aromatic N) is 4. The second-order valence-corrected chi connectivity index (χ2v) is 7.17. The summed E-state index contributed by atoms with van der Waals surface area (Å²) >= 11 is 0. The van der Waals surface area contributed by atoms with Crippen molar-refractivity contribution in [3.63, 3.8) is 0 Å². The highest BCUT2D eigenvalue weighted by atomic mass is 16.2. The number of nitrogens with one attached hydrogen (secondary N) is 2. The summed E-state index contributed by atoms with van der Waals surface area (Å²) in [6.07, 6.45) is 0.378. The van der Waals surface area contributed by atoms with Crippen molar-refractivity contribution in [2.75, 3.05) is 38.0 Å². The van der Waals surface area contributed by atoms with E-state index >= 15 is 0 Å². The predicted octanol–water partition coefficient (Wildman–Crippen LogP) is 1.92. The van der Waals surface area contributed by atoms with Gasteiger partial charge in [0.25, 0.3) is 5.91 Å². The molecule has 2 aromatic carbocycles. The van der Waals surface area contributed by atoms with E-state index in [1.54, 1.807) is 18.2 Å². The molecule has 0 bridgehead atoms. The number of piperazine rings is 1. The first-order valence-electron chi connectivity index (χ1n) is 9.83. The van der Waals surface area contributed by atoms with E-state index in [-0.39, 0.29) is 11.8 Å². The average molecular weight is 392 g/mol. The predicted molar refractivity (Wildman–Crippen MR) is 111 cm³/mol. The van der Waals surface area contributed by atoms with E-state index in [0.717, 1.165) is 38.3 Å². The summed E-state index contributed by atoms with van der Waals surface area (Å²) in [5.74, 6) is -0.0639. The van der Waals surface area contributed by atoms with Gasteiger partial charge in [-0.15, -0.1) is 0 Å². The third-order valence-corrected chi connectivity index (χ3v) is 5.32. The molecule has 29 heavy (non-hydrogen) atoms. The molecule has 8 heteroatoms. The molecule has 0 atom stereocenters. The van der Waals surface area contributed by atoms with Gasteiger partial charge in [-0.05, 0) is 42.4 Å². The van der Waals surface area contributed by atoms with Gasteiger partial charge in [0.1, 0.15) is 11.0 Å². The fourth-order valence-corrected chi connectivity index (χ4v) is 3.49. The van der Waals surface area contributed by atoms with Crippen molar-refractivity contribution < 1.29 is 9.59 Å². The minimum Gasteiger partial charge on any atom is -0.340 e. The van der Waals surface area contributed by atoms with Gasteiger partial charge >= 0.3 is 0 Å². The van der Waals surface area contributed by atoms with E-state index in [0.29, 0.717) is 28.7 Å². The molecule has 1 aliphatic heterocycles. The Labute approximate surface area is 168 Å². The third kappa shape index (κ3) is 4.43. The standard InChI is InChI=1S/C21H24N6O2/c1-2-26-9-11-27(12-10-26)20(28)13-15-3-6-17(7-4-15)22-21(29)16-5-8-18-19(14-16)24-25-23-18/h3-8,14H,2,9-13H2,1H3,(H,22,29)(H,23,24,25). The van der Waals surface area contributed by atoms with E-state index in [4.69, 9.17) is 0 Å². The molecule has 150 valence electrons. The van der Waals surface area contributed by atoms with Crippen LogP contribution in [0, 0.1) is 0 Å². The van der Waals surface area contributed by atoms with Crippen LogP contribution in [0.25, 0.3) is 11.0 Å². The number of anilines is 1. The molecule has 8 nitrogen and oxygen atoms in total. The van der Waals surface area contributed by atoms with Crippen LogP contribution in [0.3, 0.4) is 0 Å². The summed E-state index contributed by atoms with van der Waals surface area (Å²) in [5, 5.41) is 13.4. The number of carbonyl (C=O) groups is 2. The zero-order valence-electron chi connectivity index (χ0n) is 16.4. The van der Waals surface area contributed by atoms with Crippen LogP contribution >= 0.6 is 0 Å². The number of fused-ring (bicyclic) bond motifs is 1. The number of carbonyl (C=O) groups excluding carboxylic acids is 2. The lowest BCUT2D eigenvalue weighted by atomic mass is 10.1.